The highest BCUT2D eigenvalue weighted by atomic mass is 35.5. The first-order valence-electron chi connectivity index (χ1n) is 5.57. The number of nitrogens with zero attached hydrogens (tertiary/aromatic N) is 1. The highest BCUT2D eigenvalue weighted by Gasteiger charge is 2.11. The fourth-order valence-corrected chi connectivity index (χ4v) is 2.44. The Labute approximate surface area is 121 Å². The van der Waals surface area contributed by atoms with Crippen LogP contribution >= 0.6 is 11.6 Å². The molecule has 0 heterocycles. The fraction of sp³-hybridized carbons (Fsp3) is 0. The molecule has 0 bridgehead atoms. The van der Waals surface area contributed by atoms with Crippen molar-refractivity contribution in [1.29, 1.82) is 0 Å². The van der Waals surface area contributed by atoms with Gasteiger partial charge in [-0.3, -0.25) is 0 Å². The second kappa shape index (κ2) is 5.94. The van der Waals surface area contributed by atoms with E-state index in [-0.39, 0.29) is 10.6 Å². The van der Waals surface area contributed by atoms with Crippen molar-refractivity contribution in [2.24, 2.45) is 5.10 Å². The van der Waals surface area contributed by atoms with Crippen LogP contribution in [0.2, 0.25) is 5.02 Å². The van der Waals surface area contributed by atoms with Gasteiger partial charge in [0.05, 0.1) is 11.1 Å². The Morgan fingerprint density at radius 1 is 1.15 bits per heavy atom. The van der Waals surface area contributed by atoms with Crippen molar-refractivity contribution < 1.29 is 13.5 Å². The van der Waals surface area contributed by atoms with Crippen LogP contribution in [-0.4, -0.2) is 19.7 Å². The Morgan fingerprint density at radius 2 is 1.85 bits per heavy atom. The normalized spacial score (nSPS) is 11.7. The van der Waals surface area contributed by atoms with E-state index in [0.717, 1.165) is 0 Å². The number of benzene rings is 2. The van der Waals surface area contributed by atoms with E-state index in [1.807, 2.05) is 0 Å². The topological polar surface area (TPSA) is 78.8 Å². The number of phenols is 1. The predicted octanol–water partition coefficient (Wildman–Crippen LogP) is 2.36. The number of rotatable bonds is 4. The molecule has 0 fully saturated rings. The third-order valence-electron chi connectivity index (χ3n) is 2.42. The van der Waals surface area contributed by atoms with E-state index < -0.39 is 10.0 Å². The molecule has 20 heavy (non-hydrogen) atoms. The summed E-state index contributed by atoms with van der Waals surface area (Å²) in [6.07, 6.45) is 1.18. The first-order valence-corrected chi connectivity index (χ1v) is 7.43. The van der Waals surface area contributed by atoms with Crippen LogP contribution in [0.1, 0.15) is 5.56 Å². The molecule has 0 aromatic heterocycles. The van der Waals surface area contributed by atoms with Crippen LogP contribution in [0.3, 0.4) is 0 Å². The molecule has 0 unspecified atom stereocenters. The molecule has 2 aromatic rings. The second-order valence-corrected chi connectivity index (χ2v) is 5.97. The zero-order chi connectivity index (χ0) is 14.6. The molecule has 5 nitrogen and oxygen atoms in total. The summed E-state index contributed by atoms with van der Waals surface area (Å²) in [5.41, 5.74) is 0.313. The Morgan fingerprint density at radius 3 is 2.55 bits per heavy atom. The molecular formula is C13H11ClN2O3S. The quantitative estimate of drug-likeness (QED) is 0.672. The van der Waals surface area contributed by atoms with Crippen molar-refractivity contribution in [3.63, 3.8) is 0 Å². The molecule has 0 saturated heterocycles. The molecule has 0 aliphatic carbocycles. The smallest absolute Gasteiger partial charge is 0.276 e. The van der Waals surface area contributed by atoms with Crippen LogP contribution in [0.4, 0.5) is 0 Å². The average molecular weight is 311 g/mol. The lowest BCUT2D eigenvalue weighted by molar-refractivity contribution is 0.474. The van der Waals surface area contributed by atoms with Gasteiger partial charge in [-0.1, -0.05) is 29.8 Å². The van der Waals surface area contributed by atoms with Gasteiger partial charge in [0.15, 0.2) is 0 Å². The lowest BCUT2D eigenvalue weighted by Crippen LogP contribution is -2.18. The van der Waals surface area contributed by atoms with E-state index in [9.17, 15) is 13.5 Å². The van der Waals surface area contributed by atoms with Crippen LogP contribution in [0, 0.1) is 0 Å². The average Bonchev–Trinajstić information content (AvgIpc) is 2.43. The van der Waals surface area contributed by atoms with Crippen LogP contribution < -0.4 is 4.83 Å². The maximum atomic E-state index is 11.9. The summed E-state index contributed by atoms with van der Waals surface area (Å²) in [6.45, 7) is 0. The number of sulfonamides is 1. The van der Waals surface area contributed by atoms with E-state index in [1.54, 1.807) is 18.2 Å². The van der Waals surface area contributed by atoms with Gasteiger partial charge in [0.1, 0.15) is 5.75 Å². The van der Waals surface area contributed by atoms with E-state index in [4.69, 9.17) is 11.6 Å². The summed E-state index contributed by atoms with van der Waals surface area (Å²) in [7, 11) is -3.72. The predicted molar refractivity (Wildman–Crippen MR) is 77.5 cm³/mol. The van der Waals surface area contributed by atoms with Gasteiger partial charge >= 0.3 is 0 Å². The lowest BCUT2D eigenvalue weighted by Gasteiger charge is -2.03. The molecule has 2 aromatic carbocycles. The molecule has 0 aliphatic heterocycles. The van der Waals surface area contributed by atoms with Crippen molar-refractivity contribution in [2.75, 3.05) is 0 Å². The minimum Gasteiger partial charge on any atom is -0.507 e. The Bertz CT molecular complexity index is 731. The van der Waals surface area contributed by atoms with Gasteiger partial charge in [0, 0.05) is 10.6 Å². The van der Waals surface area contributed by atoms with E-state index in [1.165, 1.54) is 36.5 Å². The van der Waals surface area contributed by atoms with Gasteiger partial charge in [0.25, 0.3) is 10.0 Å². The fourth-order valence-electron chi connectivity index (χ4n) is 1.45. The molecule has 104 valence electrons. The summed E-state index contributed by atoms with van der Waals surface area (Å²) < 4.78 is 23.7. The summed E-state index contributed by atoms with van der Waals surface area (Å²) >= 11 is 5.77. The number of hydrogen-bond donors (Lipinski definition) is 2. The molecule has 7 heteroatoms. The Kier molecular flexibility index (Phi) is 4.26. The highest BCUT2D eigenvalue weighted by molar-refractivity contribution is 7.89. The third kappa shape index (κ3) is 3.49. The van der Waals surface area contributed by atoms with E-state index in [2.05, 4.69) is 9.93 Å². The van der Waals surface area contributed by atoms with Gasteiger partial charge in [-0.2, -0.15) is 13.5 Å². The molecule has 0 radical (unpaired) electrons. The van der Waals surface area contributed by atoms with Crippen LogP contribution in [0.25, 0.3) is 0 Å². The zero-order valence-electron chi connectivity index (χ0n) is 10.2. The molecule has 0 aliphatic rings. The standard InChI is InChI=1S/C13H11ClN2O3S/c14-11-6-7-13(17)10(8-11)9-15-16-20(18,19)12-4-2-1-3-5-12/h1-9,16-17H/b15-9-. The summed E-state index contributed by atoms with van der Waals surface area (Å²) in [5, 5.41) is 13.6. The minimum absolute atomic E-state index is 0.0444. The summed E-state index contributed by atoms with van der Waals surface area (Å²) in [4.78, 5) is 2.16. The van der Waals surface area contributed by atoms with Crippen molar-refractivity contribution in [2.45, 2.75) is 4.90 Å². The number of nitrogens with one attached hydrogen (secondary N) is 1. The monoisotopic (exact) mass is 310 g/mol. The molecule has 0 atom stereocenters. The minimum atomic E-state index is -3.72. The van der Waals surface area contributed by atoms with Crippen LogP contribution in [0.5, 0.6) is 5.75 Å². The van der Waals surface area contributed by atoms with E-state index >= 15 is 0 Å². The highest BCUT2D eigenvalue weighted by Crippen LogP contribution is 2.19. The number of halogens is 1. The number of phenolic OH excluding ortho intramolecular Hbond substituents is 1. The van der Waals surface area contributed by atoms with Gasteiger partial charge < -0.3 is 5.11 Å². The van der Waals surface area contributed by atoms with Crippen molar-refractivity contribution in [3.8, 4) is 5.75 Å². The number of hydrogen-bond acceptors (Lipinski definition) is 4. The van der Waals surface area contributed by atoms with Crippen LogP contribution in [0.15, 0.2) is 58.5 Å². The molecule has 0 spiro atoms. The van der Waals surface area contributed by atoms with Gasteiger partial charge in [-0.25, -0.2) is 4.83 Å². The van der Waals surface area contributed by atoms with Gasteiger partial charge in [0.2, 0.25) is 0 Å². The molecular weight excluding hydrogens is 300 g/mol. The number of aromatic hydroxyl groups is 1. The molecule has 2 N–H and O–H groups in total. The maximum absolute atomic E-state index is 11.9. The van der Waals surface area contributed by atoms with Crippen molar-refractivity contribution >= 4 is 27.8 Å². The van der Waals surface area contributed by atoms with Crippen LogP contribution in [-0.2, 0) is 10.0 Å². The SMILES string of the molecule is O=S(=O)(N/N=C\c1cc(Cl)ccc1O)c1ccccc1. The molecule has 0 amide bonds. The first-order chi connectivity index (χ1) is 9.49. The Balaban J connectivity index is 2.16. The molecule has 0 saturated carbocycles. The number of hydrazone groups is 1. The van der Waals surface area contributed by atoms with Gasteiger partial charge in [-0.15, -0.1) is 0 Å². The van der Waals surface area contributed by atoms with Gasteiger partial charge in [-0.05, 0) is 30.3 Å². The third-order valence-corrected chi connectivity index (χ3v) is 3.89. The lowest BCUT2D eigenvalue weighted by atomic mass is 10.2. The summed E-state index contributed by atoms with van der Waals surface area (Å²) in [5.74, 6) is -0.0444. The van der Waals surface area contributed by atoms with Crippen molar-refractivity contribution in [3.05, 3.63) is 59.1 Å². The largest absolute Gasteiger partial charge is 0.507 e. The van der Waals surface area contributed by atoms with E-state index in [0.29, 0.717) is 10.6 Å². The van der Waals surface area contributed by atoms with Crippen molar-refractivity contribution in [1.82, 2.24) is 4.83 Å². The summed E-state index contributed by atoms with van der Waals surface area (Å²) in [6, 6.07) is 12.2. The maximum Gasteiger partial charge on any atom is 0.276 e. The molecule has 2 rings (SSSR count). The zero-order valence-corrected chi connectivity index (χ0v) is 11.8. The Hall–Kier alpha value is -2.05. The first kappa shape index (κ1) is 14.4. The second-order valence-electron chi connectivity index (χ2n) is 3.87.